The predicted octanol–water partition coefficient (Wildman–Crippen LogP) is 1.96. The molecule has 0 fully saturated rings. The van der Waals surface area contributed by atoms with Crippen LogP contribution in [-0.2, 0) is 4.74 Å². The zero-order valence-electron chi connectivity index (χ0n) is 11.3. The topological polar surface area (TPSA) is 46.5 Å². The summed E-state index contributed by atoms with van der Waals surface area (Å²) in [5, 5.41) is 9.29. The average molecular weight is 184 g/mol. The van der Waals surface area contributed by atoms with Gasteiger partial charge in [0.15, 0.2) is 0 Å². The van der Waals surface area contributed by atoms with E-state index >= 15 is 0 Å². The van der Waals surface area contributed by atoms with Gasteiger partial charge in [-0.15, -0.1) is 0 Å². The van der Waals surface area contributed by atoms with E-state index < -0.39 is 47.6 Å². The fraction of sp³-hybridized carbons (Fsp3) is 0.300. The van der Waals surface area contributed by atoms with E-state index in [-0.39, 0.29) is 0 Å². The van der Waals surface area contributed by atoms with E-state index in [1.807, 2.05) is 0 Å². The van der Waals surface area contributed by atoms with Gasteiger partial charge in [-0.2, -0.15) is 0 Å². The van der Waals surface area contributed by atoms with Crippen molar-refractivity contribution in [3.05, 3.63) is 29.7 Å². The minimum Gasteiger partial charge on any atom is -0.508 e. The van der Waals surface area contributed by atoms with Crippen LogP contribution in [0.15, 0.2) is 24.2 Å². The number of ether oxygens (including phenoxy) is 1. The molecule has 0 aromatic heterocycles. The van der Waals surface area contributed by atoms with E-state index in [2.05, 4.69) is 0 Å². The molecular formula is C10H12O3. The zero-order valence-corrected chi connectivity index (χ0v) is 7.34. The first kappa shape index (κ1) is 5.27. The van der Waals surface area contributed by atoms with E-state index in [9.17, 15) is 9.90 Å². The molecule has 70 valence electrons. The minimum atomic E-state index is -0.933. The third kappa shape index (κ3) is 2.78. The Balaban J connectivity index is 3.39. The molecule has 0 saturated heterocycles. The van der Waals surface area contributed by atoms with Crippen molar-refractivity contribution in [2.24, 2.45) is 0 Å². The molecular weight excluding hydrogens is 168 g/mol. The SMILES string of the molecule is [2H]c1c([2H])c(C(=O)OC(C)C)c([2H])c([2H])c1O. The molecule has 0 spiro atoms. The Labute approximate surface area is 82.6 Å². The van der Waals surface area contributed by atoms with Crippen LogP contribution >= 0.6 is 0 Å². The van der Waals surface area contributed by atoms with Crippen LogP contribution in [-0.4, -0.2) is 17.2 Å². The monoisotopic (exact) mass is 184 g/mol. The summed E-state index contributed by atoms with van der Waals surface area (Å²) in [5.41, 5.74) is -0.466. The van der Waals surface area contributed by atoms with Crippen molar-refractivity contribution in [2.45, 2.75) is 20.0 Å². The van der Waals surface area contributed by atoms with Gasteiger partial charge in [-0.05, 0) is 38.0 Å². The Morgan fingerprint density at radius 1 is 1.46 bits per heavy atom. The highest BCUT2D eigenvalue weighted by Gasteiger charge is 2.07. The maximum absolute atomic E-state index is 11.6. The Morgan fingerprint density at radius 2 is 2.00 bits per heavy atom. The fourth-order valence-corrected chi connectivity index (χ4v) is 0.681. The summed E-state index contributed by atoms with van der Waals surface area (Å²) in [7, 11) is 0. The Hall–Kier alpha value is -1.51. The number of esters is 1. The van der Waals surface area contributed by atoms with Crippen molar-refractivity contribution in [1.29, 1.82) is 0 Å². The molecule has 0 radical (unpaired) electrons. The smallest absolute Gasteiger partial charge is 0.338 e. The summed E-state index contributed by atoms with van der Waals surface area (Å²) in [6.07, 6.45) is -0.432. The van der Waals surface area contributed by atoms with Crippen LogP contribution in [0.3, 0.4) is 0 Å². The first-order valence-electron chi connectivity index (χ1n) is 5.77. The highest BCUT2D eigenvalue weighted by Crippen LogP contribution is 2.11. The minimum absolute atomic E-state index is 0.432. The second kappa shape index (κ2) is 3.94. The summed E-state index contributed by atoms with van der Waals surface area (Å²) in [5.74, 6) is -1.71. The molecule has 3 nitrogen and oxygen atoms in total. The lowest BCUT2D eigenvalue weighted by atomic mass is 10.2. The number of rotatable bonds is 2. The van der Waals surface area contributed by atoms with Gasteiger partial charge in [-0.25, -0.2) is 4.79 Å². The van der Waals surface area contributed by atoms with Gasteiger partial charge in [0.05, 0.1) is 17.2 Å². The van der Waals surface area contributed by atoms with E-state index in [0.29, 0.717) is 0 Å². The van der Waals surface area contributed by atoms with Crippen molar-refractivity contribution in [3.8, 4) is 5.75 Å². The average Bonchev–Trinajstić information content (AvgIpc) is 2.23. The predicted molar refractivity (Wildman–Crippen MR) is 48.7 cm³/mol. The molecule has 1 aromatic rings. The first-order chi connectivity index (χ1) is 7.77. The summed E-state index contributed by atoms with van der Waals surface area (Å²) in [6.45, 7) is 3.21. The molecule has 0 aliphatic heterocycles. The van der Waals surface area contributed by atoms with Crippen LogP contribution in [0.1, 0.15) is 29.7 Å². The van der Waals surface area contributed by atoms with Crippen molar-refractivity contribution in [2.75, 3.05) is 0 Å². The van der Waals surface area contributed by atoms with Gasteiger partial charge < -0.3 is 9.84 Å². The molecule has 13 heavy (non-hydrogen) atoms. The second-order valence-electron chi connectivity index (χ2n) is 2.68. The van der Waals surface area contributed by atoms with Crippen LogP contribution in [0.4, 0.5) is 0 Å². The van der Waals surface area contributed by atoms with E-state index in [1.165, 1.54) is 0 Å². The van der Waals surface area contributed by atoms with Gasteiger partial charge in [0, 0.05) is 0 Å². The van der Waals surface area contributed by atoms with E-state index in [4.69, 9.17) is 10.2 Å². The molecule has 3 heteroatoms. The molecule has 1 rings (SSSR count). The molecule has 0 amide bonds. The number of carbonyl (C=O) groups is 1. The van der Waals surface area contributed by atoms with E-state index in [0.717, 1.165) is 0 Å². The standard InChI is InChI=1S/C10H12O3/c1-7(2)13-10(12)8-3-5-9(11)6-4-8/h3-7,11H,1-2H3/i3D,4D,5D,6D. The first-order valence-corrected chi connectivity index (χ1v) is 3.77. The van der Waals surface area contributed by atoms with Crippen LogP contribution < -0.4 is 0 Å². The van der Waals surface area contributed by atoms with Gasteiger partial charge in [-0.3, -0.25) is 0 Å². The summed E-state index contributed by atoms with van der Waals surface area (Å²) >= 11 is 0. The van der Waals surface area contributed by atoms with Crippen LogP contribution in [0.2, 0.25) is 0 Å². The maximum Gasteiger partial charge on any atom is 0.338 e. The van der Waals surface area contributed by atoms with Crippen LogP contribution in [0, 0.1) is 0 Å². The number of hydrogen-bond donors (Lipinski definition) is 1. The lowest BCUT2D eigenvalue weighted by Gasteiger charge is -2.07. The Morgan fingerprint density at radius 3 is 2.46 bits per heavy atom. The van der Waals surface area contributed by atoms with Crippen molar-refractivity contribution in [3.63, 3.8) is 0 Å². The molecule has 0 heterocycles. The summed E-state index contributed by atoms with van der Waals surface area (Å²) in [4.78, 5) is 11.6. The van der Waals surface area contributed by atoms with Gasteiger partial charge in [0.1, 0.15) is 5.75 Å². The third-order valence-corrected chi connectivity index (χ3v) is 1.16. The summed E-state index contributed by atoms with van der Waals surface area (Å²) < 4.78 is 34.5. The maximum atomic E-state index is 11.6. The number of benzene rings is 1. The van der Waals surface area contributed by atoms with Crippen molar-refractivity contribution >= 4 is 5.97 Å². The second-order valence-corrected chi connectivity index (χ2v) is 2.68. The molecule has 0 unspecified atom stereocenters. The molecule has 1 N–H and O–H groups in total. The highest BCUT2D eigenvalue weighted by atomic mass is 16.5. The summed E-state index contributed by atoms with van der Waals surface area (Å²) in [6, 6.07) is -2.51. The van der Waals surface area contributed by atoms with Gasteiger partial charge in [-0.1, -0.05) is 0 Å². The number of hydrogen-bond acceptors (Lipinski definition) is 3. The third-order valence-electron chi connectivity index (χ3n) is 1.16. The van der Waals surface area contributed by atoms with E-state index in [1.54, 1.807) is 13.8 Å². The quantitative estimate of drug-likeness (QED) is 0.714. The molecule has 0 saturated carbocycles. The fourth-order valence-electron chi connectivity index (χ4n) is 0.681. The Bertz CT molecular complexity index is 442. The largest absolute Gasteiger partial charge is 0.508 e. The molecule has 1 aromatic carbocycles. The van der Waals surface area contributed by atoms with Crippen LogP contribution in [0.5, 0.6) is 5.75 Å². The zero-order chi connectivity index (χ0) is 13.3. The number of phenols is 1. The van der Waals surface area contributed by atoms with Gasteiger partial charge in [0.25, 0.3) is 0 Å². The molecule has 0 bridgehead atoms. The normalized spacial score (nSPS) is 14.4. The molecule has 0 aliphatic carbocycles. The van der Waals surface area contributed by atoms with Crippen LogP contribution in [0.25, 0.3) is 0 Å². The number of phenolic OH excluding ortho intramolecular Hbond substituents is 1. The lowest BCUT2D eigenvalue weighted by molar-refractivity contribution is 0.0378. The number of aromatic hydroxyl groups is 1. The lowest BCUT2D eigenvalue weighted by Crippen LogP contribution is -2.11. The molecule has 0 aliphatic rings. The number of carbonyl (C=O) groups excluding carboxylic acids is 1. The Kier molecular flexibility index (Phi) is 1.60. The van der Waals surface area contributed by atoms with Gasteiger partial charge >= 0.3 is 5.97 Å². The van der Waals surface area contributed by atoms with Gasteiger partial charge in [0.2, 0.25) is 0 Å². The van der Waals surface area contributed by atoms with Crippen molar-refractivity contribution in [1.82, 2.24) is 0 Å². The molecule has 0 atom stereocenters. The van der Waals surface area contributed by atoms with Crippen molar-refractivity contribution < 1.29 is 20.1 Å². The highest BCUT2D eigenvalue weighted by molar-refractivity contribution is 5.89.